The summed E-state index contributed by atoms with van der Waals surface area (Å²) in [6.07, 6.45) is 4.19. The van der Waals surface area contributed by atoms with Gasteiger partial charge in [0.25, 0.3) is 5.91 Å². The highest BCUT2D eigenvalue weighted by Crippen LogP contribution is 2.23. The molecule has 1 aromatic heterocycles. The van der Waals surface area contributed by atoms with Gasteiger partial charge in [-0.3, -0.25) is 9.59 Å². The molecule has 2 N–H and O–H groups in total. The van der Waals surface area contributed by atoms with E-state index in [0.29, 0.717) is 11.4 Å². The smallest absolute Gasteiger partial charge is 0.324 e. The molecule has 1 aromatic carbocycles. The number of carbonyl (C=O) groups excluding carboxylic acids is 2. The Morgan fingerprint density at radius 2 is 2.03 bits per heavy atom. The van der Waals surface area contributed by atoms with Crippen LogP contribution in [0.5, 0.6) is 0 Å². The predicted molar refractivity (Wildman–Crippen MR) is 108 cm³/mol. The number of hydrogen-bond acceptors (Lipinski definition) is 8. The third-order valence-electron chi connectivity index (χ3n) is 5.03. The topological polar surface area (TPSA) is 127 Å². The van der Waals surface area contributed by atoms with Crippen molar-refractivity contribution in [3.05, 3.63) is 18.2 Å². The summed E-state index contributed by atoms with van der Waals surface area (Å²) in [6, 6.07) is 3.52. The van der Waals surface area contributed by atoms with Gasteiger partial charge in [-0.05, 0) is 37.8 Å². The standard InChI is InChI=1S/C18H24N4O5S2/c1-11-6-3-4-7-13(11)19-16(23)10-27-18(24)12(2)22-29(25,26)15-9-5-8-14-17(15)21-28-20-14/h5,8-9,11-13,22H,3-4,6-7,10H2,1-2H3,(H,19,23). The van der Waals surface area contributed by atoms with Crippen molar-refractivity contribution in [1.82, 2.24) is 18.8 Å². The molecule has 29 heavy (non-hydrogen) atoms. The van der Waals surface area contributed by atoms with Gasteiger partial charge in [0.05, 0.1) is 11.7 Å². The lowest BCUT2D eigenvalue weighted by Gasteiger charge is -2.29. The highest BCUT2D eigenvalue weighted by molar-refractivity contribution is 7.89. The zero-order chi connectivity index (χ0) is 21.0. The average molecular weight is 441 g/mol. The van der Waals surface area contributed by atoms with Crippen molar-refractivity contribution in [2.75, 3.05) is 6.61 Å². The first-order valence-electron chi connectivity index (χ1n) is 9.47. The van der Waals surface area contributed by atoms with Gasteiger partial charge >= 0.3 is 5.97 Å². The molecule has 1 aliphatic carbocycles. The third-order valence-corrected chi connectivity index (χ3v) is 7.14. The lowest BCUT2D eigenvalue weighted by molar-refractivity contribution is -0.150. The van der Waals surface area contributed by atoms with Crippen molar-refractivity contribution in [1.29, 1.82) is 0 Å². The van der Waals surface area contributed by atoms with Crippen molar-refractivity contribution in [2.45, 2.75) is 56.5 Å². The predicted octanol–water partition coefficient (Wildman–Crippen LogP) is 1.60. The fraction of sp³-hybridized carbons (Fsp3) is 0.556. The molecule has 0 radical (unpaired) electrons. The first kappa shape index (κ1) is 21.6. The van der Waals surface area contributed by atoms with E-state index in [9.17, 15) is 18.0 Å². The molecule has 3 atom stereocenters. The number of rotatable bonds is 7. The van der Waals surface area contributed by atoms with E-state index in [2.05, 4.69) is 25.7 Å². The molecule has 9 nitrogen and oxygen atoms in total. The summed E-state index contributed by atoms with van der Waals surface area (Å²) < 4.78 is 40.5. The van der Waals surface area contributed by atoms with Crippen molar-refractivity contribution >= 4 is 44.7 Å². The van der Waals surface area contributed by atoms with Gasteiger partial charge in [-0.15, -0.1) is 0 Å². The third kappa shape index (κ3) is 5.28. The number of esters is 1. The Bertz CT molecular complexity index is 991. The quantitative estimate of drug-likeness (QED) is 0.626. The Labute approximate surface area is 173 Å². The summed E-state index contributed by atoms with van der Waals surface area (Å²) in [5, 5.41) is 2.89. The Balaban J connectivity index is 1.54. The summed E-state index contributed by atoms with van der Waals surface area (Å²) in [6.45, 7) is 3.01. The van der Waals surface area contributed by atoms with Crippen LogP contribution in [0.4, 0.5) is 0 Å². The molecule has 3 rings (SSSR count). The van der Waals surface area contributed by atoms with Crippen LogP contribution < -0.4 is 10.0 Å². The minimum atomic E-state index is -4.02. The van der Waals surface area contributed by atoms with E-state index in [4.69, 9.17) is 4.74 Å². The second-order valence-corrected chi connectivity index (χ2v) is 9.49. The zero-order valence-corrected chi connectivity index (χ0v) is 17.9. The SMILES string of the molecule is CC(NS(=O)(=O)c1cccc2nsnc12)C(=O)OCC(=O)NC1CCCCC1C. The summed E-state index contributed by atoms with van der Waals surface area (Å²) in [5.41, 5.74) is 0.702. The maximum absolute atomic E-state index is 12.6. The number of fused-ring (bicyclic) bond motifs is 1. The van der Waals surface area contributed by atoms with Crippen LogP contribution in [0.1, 0.15) is 39.5 Å². The van der Waals surface area contributed by atoms with Gasteiger partial charge in [0, 0.05) is 6.04 Å². The molecular weight excluding hydrogens is 416 g/mol. The van der Waals surface area contributed by atoms with Crippen molar-refractivity contribution in [3.8, 4) is 0 Å². The Morgan fingerprint density at radius 1 is 1.28 bits per heavy atom. The van der Waals surface area contributed by atoms with E-state index in [1.54, 1.807) is 12.1 Å². The Morgan fingerprint density at radius 3 is 2.79 bits per heavy atom. The Kier molecular flexibility index (Phi) is 6.81. The second kappa shape index (κ2) is 9.14. The van der Waals surface area contributed by atoms with Crippen LogP contribution in [0.2, 0.25) is 0 Å². The van der Waals surface area contributed by atoms with Gasteiger partial charge in [0.15, 0.2) is 6.61 Å². The second-order valence-electron chi connectivity index (χ2n) is 7.27. The molecule has 0 saturated heterocycles. The molecule has 2 aromatic rings. The average Bonchev–Trinajstić information content (AvgIpc) is 3.16. The monoisotopic (exact) mass is 440 g/mol. The number of aromatic nitrogens is 2. The highest BCUT2D eigenvalue weighted by atomic mass is 32.2. The molecule has 1 heterocycles. The minimum absolute atomic E-state index is 0.0626. The summed E-state index contributed by atoms with van der Waals surface area (Å²) in [4.78, 5) is 24.2. The van der Waals surface area contributed by atoms with E-state index < -0.39 is 28.6 Å². The number of sulfonamides is 1. The minimum Gasteiger partial charge on any atom is -0.454 e. The maximum Gasteiger partial charge on any atom is 0.324 e. The summed E-state index contributed by atoms with van der Waals surface area (Å²) >= 11 is 0.906. The molecule has 1 aliphatic rings. The van der Waals surface area contributed by atoms with Gasteiger partial charge in [-0.25, -0.2) is 8.42 Å². The van der Waals surface area contributed by atoms with Gasteiger partial charge in [-0.2, -0.15) is 13.5 Å². The van der Waals surface area contributed by atoms with Crippen molar-refractivity contribution in [2.24, 2.45) is 5.92 Å². The molecular formula is C18H24N4O5S2. The van der Waals surface area contributed by atoms with E-state index in [1.807, 2.05) is 0 Å². The number of carbonyl (C=O) groups is 2. The van der Waals surface area contributed by atoms with Gasteiger partial charge in [0.2, 0.25) is 10.0 Å². The zero-order valence-electron chi connectivity index (χ0n) is 16.3. The number of nitrogens with one attached hydrogen (secondary N) is 2. The van der Waals surface area contributed by atoms with Crippen LogP contribution in [0.3, 0.4) is 0 Å². The van der Waals surface area contributed by atoms with E-state index in [1.165, 1.54) is 13.0 Å². The first-order valence-corrected chi connectivity index (χ1v) is 11.7. The van der Waals surface area contributed by atoms with Crippen molar-refractivity contribution < 1.29 is 22.7 Å². The summed E-state index contributed by atoms with van der Waals surface area (Å²) in [7, 11) is -4.02. The molecule has 0 bridgehead atoms. The fourth-order valence-electron chi connectivity index (χ4n) is 3.38. The van der Waals surface area contributed by atoms with Gasteiger partial charge in [-0.1, -0.05) is 25.8 Å². The highest BCUT2D eigenvalue weighted by Gasteiger charge is 2.27. The largest absolute Gasteiger partial charge is 0.454 e. The van der Waals surface area contributed by atoms with Crippen molar-refractivity contribution in [3.63, 3.8) is 0 Å². The van der Waals surface area contributed by atoms with E-state index in [-0.39, 0.29) is 22.4 Å². The molecule has 158 valence electrons. The van der Waals surface area contributed by atoms with Crippen LogP contribution in [0.25, 0.3) is 11.0 Å². The van der Waals surface area contributed by atoms with E-state index in [0.717, 1.165) is 37.4 Å². The summed E-state index contributed by atoms with van der Waals surface area (Å²) in [5.74, 6) is -0.827. The number of amides is 1. The van der Waals surface area contributed by atoms with Crippen LogP contribution in [-0.4, -0.2) is 47.7 Å². The van der Waals surface area contributed by atoms with Crippen LogP contribution >= 0.6 is 11.7 Å². The van der Waals surface area contributed by atoms with E-state index >= 15 is 0 Å². The molecule has 3 unspecified atom stereocenters. The maximum atomic E-state index is 12.6. The molecule has 1 fully saturated rings. The van der Waals surface area contributed by atoms with Gasteiger partial charge < -0.3 is 10.1 Å². The molecule has 0 spiro atoms. The number of ether oxygens (including phenoxy) is 1. The number of hydrogen-bond donors (Lipinski definition) is 2. The lowest BCUT2D eigenvalue weighted by Crippen LogP contribution is -2.44. The van der Waals surface area contributed by atoms with Crippen LogP contribution in [0, 0.1) is 5.92 Å². The Hall–Kier alpha value is -2.11. The first-order chi connectivity index (χ1) is 13.8. The lowest BCUT2D eigenvalue weighted by atomic mass is 9.86. The number of benzene rings is 1. The molecule has 11 heteroatoms. The molecule has 1 saturated carbocycles. The van der Waals surface area contributed by atoms with Gasteiger partial charge in [0.1, 0.15) is 22.0 Å². The fourth-order valence-corrected chi connectivity index (χ4v) is 5.34. The normalized spacial score (nSPS) is 20.9. The van der Waals surface area contributed by atoms with Crippen LogP contribution in [-0.2, 0) is 24.3 Å². The molecule has 1 amide bonds. The van der Waals surface area contributed by atoms with Crippen LogP contribution in [0.15, 0.2) is 23.1 Å². The number of nitrogens with zero attached hydrogens (tertiary/aromatic N) is 2. The molecule has 0 aliphatic heterocycles.